The lowest BCUT2D eigenvalue weighted by Crippen LogP contribution is -2.41. The Hall–Kier alpha value is -3.33. The number of aliphatic imine (C=N–C) groups is 1. The van der Waals surface area contributed by atoms with Gasteiger partial charge in [0.25, 0.3) is 18.6 Å². The van der Waals surface area contributed by atoms with E-state index in [9.17, 15) is 14.4 Å². The van der Waals surface area contributed by atoms with Crippen LogP contribution in [0.25, 0.3) is 0 Å². The molecule has 0 saturated carbocycles. The molecule has 5 rings (SSSR count). The molecular formula is C25H20ClN3O4S. The van der Waals surface area contributed by atoms with Gasteiger partial charge in [0.2, 0.25) is 0 Å². The quantitative estimate of drug-likeness (QED) is 0.418. The van der Waals surface area contributed by atoms with Crippen molar-refractivity contribution in [3.05, 3.63) is 86.8 Å². The summed E-state index contributed by atoms with van der Waals surface area (Å²) in [5.41, 5.74) is 3.43. The Morgan fingerprint density at radius 2 is 1.97 bits per heavy atom. The second-order valence-electron chi connectivity index (χ2n) is 7.87. The maximum Gasteiger partial charge on any atom is 0.295 e. The van der Waals surface area contributed by atoms with Gasteiger partial charge in [0.05, 0.1) is 12.3 Å². The summed E-state index contributed by atoms with van der Waals surface area (Å²) in [6.45, 7) is 1.43. The van der Waals surface area contributed by atoms with Gasteiger partial charge in [0, 0.05) is 33.1 Å². The number of ether oxygens (including phenoxy) is 1. The van der Waals surface area contributed by atoms with E-state index in [0.29, 0.717) is 33.4 Å². The molecule has 1 amide bonds. The lowest BCUT2D eigenvalue weighted by Gasteiger charge is -2.22. The molecule has 3 heterocycles. The van der Waals surface area contributed by atoms with Crippen LogP contribution in [0.5, 0.6) is 0 Å². The van der Waals surface area contributed by atoms with Gasteiger partial charge in [-0.25, -0.2) is 4.99 Å². The van der Waals surface area contributed by atoms with Crippen LogP contribution < -0.4 is 10.2 Å². The minimum atomic E-state index is -1.43. The van der Waals surface area contributed by atoms with Gasteiger partial charge < -0.3 is 10.1 Å². The van der Waals surface area contributed by atoms with E-state index in [1.165, 1.54) is 16.2 Å². The smallest absolute Gasteiger partial charge is 0.295 e. The van der Waals surface area contributed by atoms with Crippen LogP contribution in [0.3, 0.4) is 0 Å². The first-order valence-corrected chi connectivity index (χ1v) is 11.9. The second kappa shape index (κ2) is 9.50. The van der Waals surface area contributed by atoms with Crippen molar-refractivity contribution in [3.8, 4) is 0 Å². The lowest BCUT2D eigenvalue weighted by atomic mass is 9.95. The maximum absolute atomic E-state index is 13.6. The largest absolute Gasteiger partial charge is 0.432 e. The molecular weight excluding hydrogens is 474 g/mol. The van der Waals surface area contributed by atoms with Crippen molar-refractivity contribution in [1.29, 1.82) is 0 Å². The van der Waals surface area contributed by atoms with Gasteiger partial charge in [-0.15, -0.1) is 11.3 Å². The average Bonchev–Trinajstić information content (AvgIpc) is 3.20. The third-order valence-corrected chi connectivity index (χ3v) is 7.41. The number of anilines is 1. The summed E-state index contributed by atoms with van der Waals surface area (Å²) in [7, 11) is 0. The number of ketones is 1. The Morgan fingerprint density at radius 3 is 2.74 bits per heavy atom. The van der Waals surface area contributed by atoms with Crippen molar-refractivity contribution in [2.24, 2.45) is 4.99 Å². The number of hydrogen-bond donors (Lipinski definition) is 1. The highest BCUT2D eigenvalue weighted by Crippen LogP contribution is 2.42. The van der Waals surface area contributed by atoms with Crippen molar-refractivity contribution in [3.63, 3.8) is 0 Å². The van der Waals surface area contributed by atoms with Crippen LogP contribution in [0, 0.1) is 0 Å². The fraction of sp³-hybridized carbons (Fsp3) is 0.200. The first-order chi connectivity index (χ1) is 16.6. The molecule has 0 aliphatic carbocycles. The number of fused-ring (bicyclic) bond motifs is 3. The summed E-state index contributed by atoms with van der Waals surface area (Å²) in [6.07, 6.45) is -0.692. The summed E-state index contributed by atoms with van der Waals surface area (Å²) in [6, 6.07) is 16.0. The molecule has 1 unspecified atom stereocenters. The molecule has 0 radical (unpaired) electrons. The van der Waals surface area contributed by atoms with E-state index in [0.717, 1.165) is 29.0 Å². The average molecular weight is 494 g/mol. The predicted octanol–water partition coefficient (Wildman–Crippen LogP) is 3.61. The van der Waals surface area contributed by atoms with Crippen molar-refractivity contribution < 1.29 is 19.1 Å². The Bertz CT molecular complexity index is 1300. The van der Waals surface area contributed by atoms with E-state index < -0.39 is 12.1 Å². The van der Waals surface area contributed by atoms with Crippen LogP contribution in [0.4, 0.5) is 5.00 Å². The minimum absolute atomic E-state index is 0.201. The van der Waals surface area contributed by atoms with Crippen LogP contribution in [-0.2, 0) is 27.3 Å². The fourth-order valence-corrected chi connectivity index (χ4v) is 5.78. The summed E-state index contributed by atoms with van der Waals surface area (Å²) in [4.78, 5) is 45.0. The number of nitrogens with one attached hydrogen (secondary N) is 1. The Kier molecular flexibility index (Phi) is 6.28. The molecule has 2 aliphatic heterocycles. The van der Waals surface area contributed by atoms with E-state index in [-0.39, 0.29) is 18.8 Å². The first kappa shape index (κ1) is 22.5. The molecule has 1 N–H and O–H groups in total. The number of amides is 1. The Balaban J connectivity index is 1.70. The molecule has 0 fully saturated rings. The van der Waals surface area contributed by atoms with Gasteiger partial charge in [-0.05, 0) is 24.6 Å². The molecule has 172 valence electrons. The normalized spacial score (nSPS) is 17.3. The van der Waals surface area contributed by atoms with Crippen LogP contribution >= 0.6 is 22.9 Å². The number of carbonyl (C=O) groups is 3. The molecule has 1 atom stereocenters. The van der Waals surface area contributed by atoms with Crippen LogP contribution in [-0.4, -0.2) is 43.2 Å². The van der Waals surface area contributed by atoms with Gasteiger partial charge in [0.1, 0.15) is 5.00 Å². The topological polar surface area (TPSA) is 88.1 Å². The summed E-state index contributed by atoms with van der Waals surface area (Å²) in [5.74, 6) is -0.804. The fourth-order valence-electron chi connectivity index (χ4n) is 4.23. The number of Topliss-reactive ketones (excluding diaryl/α,β-unsaturated/α-hetero) is 1. The van der Waals surface area contributed by atoms with Gasteiger partial charge >= 0.3 is 0 Å². The molecule has 3 aromatic rings. The monoisotopic (exact) mass is 493 g/mol. The highest BCUT2D eigenvalue weighted by Gasteiger charge is 2.38. The van der Waals surface area contributed by atoms with Gasteiger partial charge in [-0.3, -0.25) is 19.3 Å². The van der Waals surface area contributed by atoms with E-state index in [1.54, 1.807) is 30.3 Å². The minimum Gasteiger partial charge on any atom is -0.432 e. The number of rotatable bonds is 6. The third kappa shape index (κ3) is 4.04. The highest BCUT2D eigenvalue weighted by atomic mass is 35.5. The molecule has 0 saturated heterocycles. The predicted molar refractivity (Wildman–Crippen MR) is 131 cm³/mol. The third-order valence-electron chi connectivity index (χ3n) is 5.83. The van der Waals surface area contributed by atoms with Crippen LogP contribution in [0.1, 0.15) is 31.9 Å². The van der Waals surface area contributed by atoms with E-state index in [4.69, 9.17) is 16.3 Å². The number of halogens is 1. The molecule has 0 spiro atoms. The van der Waals surface area contributed by atoms with Gasteiger partial charge in [-0.1, -0.05) is 60.1 Å². The standard InChI is InChI=1S/C25H20ClN3O4S/c26-18-9-5-4-8-16(18)22-21-17-10-11-27-12-20(17)34-25(21)29(24(32)23(28-22)33-14-30)13-19(31)15-6-2-1-3-7-15/h1-9,14,23,27H,10-13H2. The first-order valence-electron chi connectivity index (χ1n) is 10.8. The van der Waals surface area contributed by atoms with Crippen molar-refractivity contribution in [2.45, 2.75) is 19.2 Å². The summed E-state index contributed by atoms with van der Waals surface area (Å²) < 4.78 is 5.11. The summed E-state index contributed by atoms with van der Waals surface area (Å²) >= 11 is 7.98. The zero-order valence-electron chi connectivity index (χ0n) is 18.0. The van der Waals surface area contributed by atoms with Crippen LogP contribution in [0.2, 0.25) is 5.02 Å². The van der Waals surface area contributed by atoms with Gasteiger partial charge in [0.15, 0.2) is 5.78 Å². The molecule has 34 heavy (non-hydrogen) atoms. The van der Waals surface area contributed by atoms with E-state index in [1.807, 2.05) is 24.3 Å². The maximum atomic E-state index is 13.6. The summed E-state index contributed by atoms with van der Waals surface area (Å²) in [5, 5.41) is 4.43. The second-order valence-corrected chi connectivity index (χ2v) is 9.36. The number of nitrogens with zero attached hydrogens (tertiary/aromatic N) is 2. The van der Waals surface area contributed by atoms with Crippen LogP contribution in [0.15, 0.2) is 59.6 Å². The van der Waals surface area contributed by atoms with E-state index >= 15 is 0 Å². The molecule has 0 bridgehead atoms. The van der Waals surface area contributed by atoms with Crippen molar-refractivity contribution in [2.75, 3.05) is 18.0 Å². The van der Waals surface area contributed by atoms with Crippen molar-refractivity contribution in [1.82, 2.24) is 5.32 Å². The zero-order chi connectivity index (χ0) is 23.7. The lowest BCUT2D eigenvalue weighted by molar-refractivity contribution is -0.142. The highest BCUT2D eigenvalue weighted by molar-refractivity contribution is 7.17. The number of thiophene rings is 1. The van der Waals surface area contributed by atoms with E-state index in [2.05, 4.69) is 10.3 Å². The molecule has 1 aromatic heterocycles. The molecule has 7 nitrogen and oxygen atoms in total. The van der Waals surface area contributed by atoms with Crippen molar-refractivity contribution >= 4 is 51.8 Å². The molecule has 2 aromatic carbocycles. The number of carbonyl (C=O) groups excluding carboxylic acids is 3. The number of benzene rings is 2. The number of hydrogen-bond acceptors (Lipinski definition) is 7. The molecule has 2 aliphatic rings. The van der Waals surface area contributed by atoms with Gasteiger partial charge in [-0.2, -0.15) is 0 Å². The SMILES string of the molecule is O=COC1N=C(c2ccccc2Cl)c2c(sc3c2CCNC3)N(CC(=O)c2ccccc2)C1=O. The Labute approximate surface area is 205 Å². The Morgan fingerprint density at radius 1 is 1.21 bits per heavy atom. The molecule has 9 heteroatoms. The zero-order valence-corrected chi connectivity index (χ0v) is 19.6.